The highest BCUT2D eigenvalue weighted by Gasteiger charge is 2.45. The Balaban J connectivity index is 1.82. The van der Waals surface area contributed by atoms with Crippen molar-refractivity contribution in [2.75, 3.05) is 6.54 Å². The number of hydrogen-bond donors (Lipinski definition) is 2. The minimum absolute atomic E-state index is 0.110. The quantitative estimate of drug-likeness (QED) is 0.689. The fourth-order valence-electron chi connectivity index (χ4n) is 2.90. The zero-order chi connectivity index (χ0) is 16.0. The highest BCUT2D eigenvalue weighted by molar-refractivity contribution is 9.10. The van der Waals surface area contributed by atoms with Crippen LogP contribution >= 0.6 is 15.9 Å². The molecule has 4 nitrogen and oxygen atoms in total. The third kappa shape index (κ3) is 4.09. The fraction of sp³-hybridized carbons (Fsp3) is 0.529. The number of aliphatic carboxylic acids is 1. The van der Waals surface area contributed by atoms with Crippen molar-refractivity contribution in [2.24, 2.45) is 0 Å². The first-order valence-corrected chi connectivity index (χ1v) is 8.60. The number of rotatable bonds is 8. The molecule has 0 radical (unpaired) electrons. The predicted molar refractivity (Wildman–Crippen MR) is 88.8 cm³/mol. The number of carbonyl (C=O) groups is 2. The number of nitrogens with one attached hydrogen (secondary N) is 1. The van der Waals surface area contributed by atoms with Crippen LogP contribution < -0.4 is 5.32 Å². The van der Waals surface area contributed by atoms with E-state index in [0.717, 1.165) is 42.1 Å². The lowest BCUT2D eigenvalue weighted by Crippen LogP contribution is -2.49. The molecule has 1 aromatic carbocycles. The molecule has 0 bridgehead atoms. The lowest BCUT2D eigenvalue weighted by atomic mass is 9.64. The van der Waals surface area contributed by atoms with E-state index < -0.39 is 5.97 Å². The Morgan fingerprint density at radius 3 is 2.36 bits per heavy atom. The summed E-state index contributed by atoms with van der Waals surface area (Å²) in [6.07, 6.45) is 5.42. The number of amides is 1. The van der Waals surface area contributed by atoms with Crippen molar-refractivity contribution in [2.45, 2.75) is 50.4 Å². The van der Waals surface area contributed by atoms with Crippen LogP contribution in [-0.4, -0.2) is 23.5 Å². The van der Waals surface area contributed by atoms with Crippen molar-refractivity contribution in [3.8, 4) is 0 Å². The second-order valence-corrected chi connectivity index (χ2v) is 6.82. The molecule has 120 valence electrons. The van der Waals surface area contributed by atoms with Gasteiger partial charge in [-0.15, -0.1) is 0 Å². The van der Waals surface area contributed by atoms with Gasteiger partial charge in [-0.3, -0.25) is 9.59 Å². The van der Waals surface area contributed by atoms with E-state index in [1.165, 1.54) is 0 Å². The number of halogens is 1. The molecule has 2 rings (SSSR count). The molecule has 0 aromatic heterocycles. The maximum absolute atomic E-state index is 12.6. The molecule has 5 heteroatoms. The Morgan fingerprint density at radius 1 is 1.14 bits per heavy atom. The Labute approximate surface area is 139 Å². The second kappa shape index (κ2) is 7.77. The van der Waals surface area contributed by atoms with Crippen molar-refractivity contribution >= 4 is 27.8 Å². The molecule has 1 saturated carbocycles. The van der Waals surface area contributed by atoms with Crippen LogP contribution in [0.1, 0.15) is 50.5 Å². The van der Waals surface area contributed by atoms with Gasteiger partial charge in [-0.25, -0.2) is 0 Å². The van der Waals surface area contributed by atoms with Crippen molar-refractivity contribution in [3.05, 3.63) is 34.3 Å². The summed E-state index contributed by atoms with van der Waals surface area (Å²) in [5, 5.41) is 11.6. The van der Waals surface area contributed by atoms with Crippen molar-refractivity contribution in [3.63, 3.8) is 0 Å². The lowest BCUT2D eigenvalue weighted by Gasteiger charge is -2.40. The summed E-state index contributed by atoms with van der Waals surface area (Å²) in [6.45, 7) is 0.622. The van der Waals surface area contributed by atoms with Gasteiger partial charge >= 0.3 is 5.97 Å². The zero-order valence-corrected chi connectivity index (χ0v) is 14.2. The smallest absolute Gasteiger partial charge is 0.303 e. The van der Waals surface area contributed by atoms with Gasteiger partial charge in [0.1, 0.15) is 0 Å². The van der Waals surface area contributed by atoms with Crippen LogP contribution in [0.5, 0.6) is 0 Å². The summed E-state index contributed by atoms with van der Waals surface area (Å²) >= 11 is 3.42. The van der Waals surface area contributed by atoms with Gasteiger partial charge in [-0.05, 0) is 43.4 Å². The molecule has 0 spiro atoms. The summed E-state index contributed by atoms with van der Waals surface area (Å²) < 4.78 is 1.02. The first-order valence-electron chi connectivity index (χ1n) is 7.81. The highest BCUT2D eigenvalue weighted by atomic mass is 79.9. The number of unbranched alkanes of at least 4 members (excludes halogenated alkanes) is 2. The highest BCUT2D eigenvalue weighted by Crippen LogP contribution is 2.44. The van der Waals surface area contributed by atoms with Gasteiger partial charge in [0, 0.05) is 17.4 Å². The van der Waals surface area contributed by atoms with Gasteiger partial charge in [0.15, 0.2) is 0 Å². The Hall–Kier alpha value is -1.36. The van der Waals surface area contributed by atoms with E-state index in [4.69, 9.17) is 5.11 Å². The number of carboxylic acid groups (broad SMARTS) is 1. The molecule has 0 saturated heterocycles. The molecule has 0 aliphatic heterocycles. The van der Waals surface area contributed by atoms with Crippen LogP contribution in [0.15, 0.2) is 28.7 Å². The molecule has 0 heterocycles. The average Bonchev–Trinajstić information content (AvgIpc) is 2.43. The van der Waals surface area contributed by atoms with Crippen molar-refractivity contribution in [1.82, 2.24) is 5.32 Å². The molecule has 1 aliphatic rings. The van der Waals surface area contributed by atoms with Crippen LogP contribution in [-0.2, 0) is 15.0 Å². The van der Waals surface area contributed by atoms with Crippen LogP contribution in [0.3, 0.4) is 0 Å². The number of carboxylic acids is 1. The van der Waals surface area contributed by atoms with Crippen molar-refractivity contribution in [1.29, 1.82) is 0 Å². The molecule has 1 aliphatic carbocycles. The van der Waals surface area contributed by atoms with Gasteiger partial charge in [0.05, 0.1) is 5.41 Å². The topological polar surface area (TPSA) is 66.4 Å². The zero-order valence-electron chi connectivity index (χ0n) is 12.6. The summed E-state index contributed by atoms with van der Waals surface area (Å²) in [5.41, 5.74) is 0.729. The first-order chi connectivity index (χ1) is 10.5. The number of carbonyl (C=O) groups excluding carboxylic acids is 1. The number of benzene rings is 1. The molecule has 1 fully saturated rings. The van der Waals surface area contributed by atoms with E-state index >= 15 is 0 Å². The largest absolute Gasteiger partial charge is 0.481 e. The molecule has 22 heavy (non-hydrogen) atoms. The third-order valence-electron chi connectivity index (χ3n) is 4.39. The standard InChI is InChI=1S/C17H22BrNO3/c18-14-8-6-13(7-9-14)17(10-4-11-17)16(22)19-12-3-1-2-5-15(20)21/h6-9H,1-5,10-12H2,(H,19,22)(H,20,21). The number of hydrogen-bond acceptors (Lipinski definition) is 2. The maximum Gasteiger partial charge on any atom is 0.303 e. The van der Waals surface area contributed by atoms with Gasteiger partial charge in [0.25, 0.3) is 0 Å². The van der Waals surface area contributed by atoms with E-state index in [2.05, 4.69) is 21.2 Å². The van der Waals surface area contributed by atoms with Gasteiger partial charge in [-0.1, -0.05) is 40.9 Å². The van der Waals surface area contributed by atoms with E-state index in [9.17, 15) is 9.59 Å². The van der Waals surface area contributed by atoms with Crippen LogP contribution in [0.25, 0.3) is 0 Å². The lowest BCUT2D eigenvalue weighted by molar-refractivity contribution is -0.137. The summed E-state index contributed by atoms with van der Waals surface area (Å²) in [5.74, 6) is -0.646. The van der Waals surface area contributed by atoms with Crippen molar-refractivity contribution < 1.29 is 14.7 Å². The third-order valence-corrected chi connectivity index (χ3v) is 4.92. The molecular formula is C17H22BrNO3. The Bertz CT molecular complexity index is 523. The van der Waals surface area contributed by atoms with E-state index in [1.54, 1.807) is 0 Å². The predicted octanol–water partition coefficient (Wildman–Crippen LogP) is 3.63. The molecule has 0 unspecified atom stereocenters. The SMILES string of the molecule is O=C(O)CCCCCNC(=O)C1(c2ccc(Br)cc2)CCC1. The normalized spacial score (nSPS) is 15.9. The molecule has 0 atom stereocenters. The molecule has 1 amide bonds. The van der Waals surface area contributed by atoms with Crippen LogP contribution in [0, 0.1) is 0 Å². The Morgan fingerprint density at radius 2 is 1.82 bits per heavy atom. The molecule has 1 aromatic rings. The molecule has 2 N–H and O–H groups in total. The van der Waals surface area contributed by atoms with E-state index in [0.29, 0.717) is 13.0 Å². The second-order valence-electron chi connectivity index (χ2n) is 5.90. The van der Waals surface area contributed by atoms with Crippen LogP contribution in [0.4, 0.5) is 0 Å². The first kappa shape index (κ1) is 17.0. The van der Waals surface area contributed by atoms with Gasteiger partial charge in [-0.2, -0.15) is 0 Å². The average molecular weight is 368 g/mol. The Kier molecular flexibility index (Phi) is 6.00. The van der Waals surface area contributed by atoms with Crippen LogP contribution in [0.2, 0.25) is 0 Å². The maximum atomic E-state index is 12.6. The summed E-state index contributed by atoms with van der Waals surface area (Å²) in [7, 11) is 0. The minimum Gasteiger partial charge on any atom is -0.481 e. The van der Waals surface area contributed by atoms with Gasteiger partial charge in [0.2, 0.25) is 5.91 Å². The summed E-state index contributed by atoms with van der Waals surface area (Å²) in [6, 6.07) is 8.01. The molecular weight excluding hydrogens is 346 g/mol. The summed E-state index contributed by atoms with van der Waals surface area (Å²) in [4.78, 5) is 23.0. The van der Waals surface area contributed by atoms with E-state index in [1.807, 2.05) is 24.3 Å². The van der Waals surface area contributed by atoms with E-state index in [-0.39, 0.29) is 17.7 Å². The minimum atomic E-state index is -0.757. The van der Waals surface area contributed by atoms with Gasteiger partial charge < -0.3 is 10.4 Å². The monoisotopic (exact) mass is 367 g/mol. The fourth-order valence-corrected chi connectivity index (χ4v) is 3.16.